The van der Waals surface area contributed by atoms with E-state index in [2.05, 4.69) is 0 Å². The Kier molecular flexibility index (Phi) is 3.44. The van der Waals surface area contributed by atoms with Crippen LogP contribution in [0, 0.1) is 5.82 Å². The summed E-state index contributed by atoms with van der Waals surface area (Å²) in [5, 5.41) is 0. The van der Waals surface area contributed by atoms with Crippen LogP contribution in [0.5, 0.6) is 0 Å². The highest BCUT2D eigenvalue weighted by Crippen LogP contribution is 2.23. The van der Waals surface area contributed by atoms with Gasteiger partial charge in [-0.05, 0) is 36.4 Å². The fraction of sp³-hybridized carbons (Fsp3) is 0.0769. The zero-order valence-electron chi connectivity index (χ0n) is 10.2. The van der Waals surface area contributed by atoms with Gasteiger partial charge in [-0.25, -0.2) is 12.8 Å². The topological polar surface area (TPSA) is 63.4 Å². The Balaban J connectivity index is 2.45. The number of hydrogen-bond donors (Lipinski definition) is 1. The Hall–Kier alpha value is -2.08. The second-order valence-electron chi connectivity index (χ2n) is 4.02. The number of nitrogens with zero attached hydrogens (tertiary/aromatic N) is 1. The van der Waals surface area contributed by atoms with Crippen LogP contribution in [-0.4, -0.2) is 15.5 Å². The minimum Gasteiger partial charge on any atom is -0.399 e. The number of benzene rings is 2. The van der Waals surface area contributed by atoms with Gasteiger partial charge in [-0.3, -0.25) is 4.31 Å². The molecular weight excluding hydrogens is 267 g/mol. The summed E-state index contributed by atoms with van der Waals surface area (Å²) in [5.41, 5.74) is 6.18. The molecule has 0 bridgehead atoms. The standard InChI is InChI=1S/C13H13FN2O2S/c1-16(12-6-2-4-10(14)8-12)19(17,18)13-7-3-5-11(15)9-13/h2-9H,15H2,1H3. The predicted octanol–water partition coefficient (Wildman–Crippen LogP) is 2.23. The summed E-state index contributed by atoms with van der Waals surface area (Å²) in [4.78, 5) is 0.0688. The van der Waals surface area contributed by atoms with Crippen molar-refractivity contribution in [3.8, 4) is 0 Å². The zero-order chi connectivity index (χ0) is 14.0. The summed E-state index contributed by atoms with van der Waals surface area (Å²) < 4.78 is 38.8. The van der Waals surface area contributed by atoms with Gasteiger partial charge >= 0.3 is 0 Å². The first-order valence-electron chi connectivity index (χ1n) is 5.51. The number of sulfonamides is 1. The highest BCUT2D eigenvalue weighted by molar-refractivity contribution is 7.92. The van der Waals surface area contributed by atoms with Gasteiger partial charge in [0.1, 0.15) is 5.82 Å². The van der Waals surface area contributed by atoms with Crippen LogP contribution in [-0.2, 0) is 10.0 Å². The number of nitrogen functional groups attached to an aromatic ring is 1. The quantitative estimate of drug-likeness (QED) is 0.877. The number of halogens is 1. The second kappa shape index (κ2) is 4.89. The molecule has 0 aromatic heterocycles. The number of rotatable bonds is 3. The van der Waals surface area contributed by atoms with Gasteiger partial charge in [-0.1, -0.05) is 12.1 Å². The molecule has 6 heteroatoms. The maximum Gasteiger partial charge on any atom is 0.264 e. The van der Waals surface area contributed by atoms with Gasteiger partial charge in [0, 0.05) is 12.7 Å². The van der Waals surface area contributed by atoms with Crippen molar-refractivity contribution >= 4 is 21.4 Å². The van der Waals surface area contributed by atoms with Crippen LogP contribution in [0.2, 0.25) is 0 Å². The molecule has 0 radical (unpaired) electrons. The third-order valence-electron chi connectivity index (χ3n) is 2.69. The van der Waals surface area contributed by atoms with Gasteiger partial charge in [0.05, 0.1) is 10.6 Å². The van der Waals surface area contributed by atoms with E-state index in [4.69, 9.17) is 5.73 Å². The molecule has 0 aliphatic heterocycles. The van der Waals surface area contributed by atoms with E-state index >= 15 is 0 Å². The largest absolute Gasteiger partial charge is 0.399 e. The monoisotopic (exact) mass is 280 g/mol. The fourth-order valence-corrected chi connectivity index (χ4v) is 2.89. The number of nitrogens with two attached hydrogens (primary N) is 1. The first-order valence-corrected chi connectivity index (χ1v) is 6.95. The molecule has 0 aliphatic rings. The van der Waals surface area contributed by atoms with Gasteiger partial charge in [-0.15, -0.1) is 0 Å². The molecule has 0 saturated carbocycles. The van der Waals surface area contributed by atoms with E-state index in [1.807, 2.05) is 0 Å². The van der Waals surface area contributed by atoms with Crippen LogP contribution in [0.15, 0.2) is 53.4 Å². The molecule has 2 N–H and O–H groups in total. The van der Waals surface area contributed by atoms with E-state index in [0.717, 1.165) is 10.4 Å². The smallest absolute Gasteiger partial charge is 0.264 e. The van der Waals surface area contributed by atoms with Crippen molar-refractivity contribution in [1.29, 1.82) is 0 Å². The maximum absolute atomic E-state index is 13.1. The average molecular weight is 280 g/mol. The van der Waals surface area contributed by atoms with E-state index < -0.39 is 15.8 Å². The van der Waals surface area contributed by atoms with Crippen LogP contribution in [0.3, 0.4) is 0 Å². The van der Waals surface area contributed by atoms with Crippen molar-refractivity contribution < 1.29 is 12.8 Å². The molecule has 2 rings (SSSR count). The molecule has 0 amide bonds. The SMILES string of the molecule is CN(c1cccc(F)c1)S(=O)(=O)c1cccc(N)c1. The lowest BCUT2D eigenvalue weighted by molar-refractivity contribution is 0.594. The minimum atomic E-state index is -3.74. The van der Waals surface area contributed by atoms with Crippen molar-refractivity contribution in [1.82, 2.24) is 0 Å². The lowest BCUT2D eigenvalue weighted by atomic mass is 10.3. The van der Waals surface area contributed by atoms with Gasteiger partial charge in [0.25, 0.3) is 10.0 Å². The Bertz CT molecular complexity index is 701. The summed E-state index contributed by atoms with van der Waals surface area (Å²) >= 11 is 0. The molecule has 100 valence electrons. The molecule has 2 aromatic rings. The van der Waals surface area contributed by atoms with Crippen molar-refractivity contribution in [3.63, 3.8) is 0 Å². The van der Waals surface area contributed by atoms with Crippen LogP contribution >= 0.6 is 0 Å². The third-order valence-corrected chi connectivity index (χ3v) is 4.47. The number of hydrogen-bond acceptors (Lipinski definition) is 3. The summed E-state index contributed by atoms with van der Waals surface area (Å²) in [6.45, 7) is 0. The molecule has 2 aromatic carbocycles. The highest BCUT2D eigenvalue weighted by Gasteiger charge is 2.21. The van der Waals surface area contributed by atoms with Crippen molar-refractivity contribution in [2.45, 2.75) is 4.90 Å². The van der Waals surface area contributed by atoms with Crippen LogP contribution in [0.1, 0.15) is 0 Å². The van der Waals surface area contributed by atoms with E-state index in [1.165, 1.54) is 37.4 Å². The van der Waals surface area contributed by atoms with Gasteiger partial charge in [0.15, 0.2) is 0 Å². The van der Waals surface area contributed by atoms with Crippen molar-refractivity contribution in [2.75, 3.05) is 17.1 Å². The molecule has 0 aliphatic carbocycles. The summed E-state index contributed by atoms with van der Waals surface area (Å²) in [6, 6.07) is 11.4. The van der Waals surface area contributed by atoms with Crippen LogP contribution in [0.4, 0.5) is 15.8 Å². The zero-order valence-corrected chi connectivity index (χ0v) is 11.1. The van der Waals surface area contributed by atoms with E-state index in [9.17, 15) is 12.8 Å². The normalized spacial score (nSPS) is 11.3. The van der Waals surface area contributed by atoms with Gasteiger partial charge < -0.3 is 5.73 Å². The first-order chi connectivity index (χ1) is 8.91. The lowest BCUT2D eigenvalue weighted by Gasteiger charge is -2.19. The molecule has 0 saturated heterocycles. The summed E-state index contributed by atoms with van der Waals surface area (Å²) in [5.74, 6) is -0.493. The van der Waals surface area contributed by atoms with Crippen LogP contribution < -0.4 is 10.0 Å². The van der Waals surface area contributed by atoms with E-state index in [-0.39, 0.29) is 10.6 Å². The van der Waals surface area contributed by atoms with E-state index in [0.29, 0.717) is 5.69 Å². The fourth-order valence-electron chi connectivity index (χ4n) is 1.64. The van der Waals surface area contributed by atoms with Crippen LogP contribution in [0.25, 0.3) is 0 Å². The molecular formula is C13H13FN2O2S. The minimum absolute atomic E-state index is 0.0688. The Morgan fingerprint density at radius 3 is 2.42 bits per heavy atom. The Morgan fingerprint density at radius 2 is 1.79 bits per heavy atom. The Labute approximate surface area is 111 Å². The molecule has 0 unspecified atom stereocenters. The molecule has 0 spiro atoms. The average Bonchev–Trinajstić information content (AvgIpc) is 2.38. The van der Waals surface area contributed by atoms with Crippen molar-refractivity contribution in [3.05, 3.63) is 54.3 Å². The molecule has 0 atom stereocenters. The lowest BCUT2D eigenvalue weighted by Crippen LogP contribution is -2.26. The summed E-state index contributed by atoms with van der Waals surface area (Å²) in [6.07, 6.45) is 0. The van der Waals surface area contributed by atoms with E-state index in [1.54, 1.807) is 12.1 Å². The molecule has 4 nitrogen and oxygen atoms in total. The summed E-state index contributed by atoms with van der Waals surface area (Å²) in [7, 11) is -2.38. The molecule has 0 fully saturated rings. The first kappa shape index (κ1) is 13.4. The van der Waals surface area contributed by atoms with Gasteiger partial charge in [0.2, 0.25) is 0 Å². The second-order valence-corrected chi connectivity index (χ2v) is 5.99. The molecule has 0 heterocycles. The predicted molar refractivity (Wildman–Crippen MR) is 72.8 cm³/mol. The Morgan fingerprint density at radius 1 is 1.11 bits per heavy atom. The highest BCUT2D eigenvalue weighted by atomic mass is 32.2. The third kappa shape index (κ3) is 2.68. The van der Waals surface area contributed by atoms with Crippen molar-refractivity contribution in [2.24, 2.45) is 0 Å². The molecule has 19 heavy (non-hydrogen) atoms. The number of anilines is 2. The van der Waals surface area contributed by atoms with Gasteiger partial charge in [-0.2, -0.15) is 0 Å². The maximum atomic E-state index is 13.1.